The van der Waals surface area contributed by atoms with Gasteiger partial charge in [0.2, 0.25) is 17.5 Å². The summed E-state index contributed by atoms with van der Waals surface area (Å²) in [6.45, 7) is 12.0. The number of aromatic amines is 1. The summed E-state index contributed by atoms with van der Waals surface area (Å²) in [6.07, 6.45) is 0.150. The third kappa shape index (κ3) is 5.87. The number of methoxy groups -OCH3 is 1. The van der Waals surface area contributed by atoms with Crippen LogP contribution < -0.4 is 10.9 Å². The quantitative estimate of drug-likeness (QED) is 0.291. The molecule has 0 radical (unpaired) electrons. The predicted molar refractivity (Wildman–Crippen MR) is 150 cm³/mol. The van der Waals surface area contributed by atoms with Gasteiger partial charge in [-0.05, 0) is 23.7 Å². The monoisotopic (exact) mass is 571 g/mol. The number of amides is 1. The van der Waals surface area contributed by atoms with Gasteiger partial charge >= 0.3 is 5.97 Å². The second-order valence-corrected chi connectivity index (χ2v) is 16.2. The van der Waals surface area contributed by atoms with Gasteiger partial charge in [0.15, 0.2) is 19.5 Å². The number of H-pyrrole nitrogens is 1. The van der Waals surface area contributed by atoms with Crippen molar-refractivity contribution >= 4 is 37.3 Å². The number of imidazole rings is 1. The molecule has 1 fully saturated rings. The van der Waals surface area contributed by atoms with Crippen LogP contribution in [0.3, 0.4) is 0 Å². The molecule has 2 N–H and O–H groups in total. The molecule has 0 aliphatic carbocycles. The van der Waals surface area contributed by atoms with Crippen molar-refractivity contribution in [2.75, 3.05) is 19.0 Å². The molecule has 0 spiro atoms. The van der Waals surface area contributed by atoms with E-state index in [1.165, 1.54) is 20.4 Å². The number of hydrogen-bond donors (Lipinski definition) is 2. The number of hydrogen-bond acceptors (Lipinski definition) is 9. The van der Waals surface area contributed by atoms with Crippen LogP contribution in [-0.4, -0.2) is 65.1 Å². The summed E-state index contributed by atoms with van der Waals surface area (Å²) in [5.41, 5.74) is -0.925. The number of benzene rings is 1. The summed E-state index contributed by atoms with van der Waals surface area (Å²) in [7, 11) is -1.11. The predicted octanol–water partition coefficient (Wildman–Crippen LogP) is 3.52. The molecule has 0 unspecified atom stereocenters. The fraction of sp³-hybridized carbons (Fsp3) is 0.519. The zero-order valence-corrected chi connectivity index (χ0v) is 24.9. The first-order valence-corrected chi connectivity index (χ1v) is 16.0. The Hall–Kier alpha value is -3.39. The number of nitrogens with one attached hydrogen (secondary N) is 2. The molecule has 3 heterocycles. The number of fused-ring (bicyclic) bond motifs is 1. The molecule has 40 heavy (non-hydrogen) atoms. The van der Waals surface area contributed by atoms with Gasteiger partial charge < -0.3 is 18.6 Å². The van der Waals surface area contributed by atoms with Crippen molar-refractivity contribution in [2.24, 2.45) is 0 Å². The third-order valence-corrected chi connectivity index (χ3v) is 12.0. The first-order valence-electron chi connectivity index (χ1n) is 13.1. The Balaban J connectivity index is 1.74. The molecule has 1 aliphatic heterocycles. The fourth-order valence-electron chi connectivity index (χ4n) is 4.38. The molecule has 1 amide bonds. The summed E-state index contributed by atoms with van der Waals surface area (Å²) in [5.74, 6) is -1.04. The van der Waals surface area contributed by atoms with Crippen LogP contribution in [0, 0.1) is 0 Å². The van der Waals surface area contributed by atoms with Crippen molar-refractivity contribution in [2.45, 2.75) is 76.8 Å². The van der Waals surface area contributed by atoms with E-state index in [9.17, 15) is 14.4 Å². The Morgan fingerprint density at radius 3 is 2.58 bits per heavy atom. The zero-order chi connectivity index (χ0) is 29.3. The highest BCUT2D eigenvalue weighted by Crippen LogP contribution is 2.46. The van der Waals surface area contributed by atoms with E-state index >= 15 is 0 Å². The van der Waals surface area contributed by atoms with Crippen LogP contribution in [0.2, 0.25) is 18.1 Å². The zero-order valence-electron chi connectivity index (χ0n) is 23.9. The van der Waals surface area contributed by atoms with Crippen LogP contribution in [0.4, 0.5) is 5.95 Å². The van der Waals surface area contributed by atoms with Gasteiger partial charge in [0.1, 0.15) is 6.23 Å². The average Bonchev–Trinajstić information content (AvgIpc) is 3.45. The maximum absolute atomic E-state index is 13.5. The van der Waals surface area contributed by atoms with E-state index in [0.717, 1.165) is 5.56 Å². The van der Waals surface area contributed by atoms with Crippen LogP contribution >= 0.6 is 0 Å². The van der Waals surface area contributed by atoms with Crippen LogP contribution in [0.1, 0.15) is 45.9 Å². The lowest BCUT2D eigenvalue weighted by atomic mass is 9.97. The third-order valence-electron chi connectivity index (χ3n) is 7.52. The van der Waals surface area contributed by atoms with Gasteiger partial charge in [-0.25, -0.2) is 9.78 Å². The summed E-state index contributed by atoms with van der Waals surface area (Å²) < 4.78 is 26.2. The van der Waals surface area contributed by atoms with E-state index in [4.69, 9.17) is 18.6 Å². The molecule has 4 rings (SSSR count). The topological polar surface area (TPSA) is 147 Å². The van der Waals surface area contributed by atoms with Crippen molar-refractivity contribution in [3.05, 3.63) is 52.6 Å². The van der Waals surface area contributed by atoms with Crippen LogP contribution in [-0.2, 0) is 34.8 Å². The lowest BCUT2D eigenvalue weighted by molar-refractivity contribution is -0.191. The Morgan fingerprint density at radius 1 is 1.25 bits per heavy atom. The normalized spacial score (nSPS) is 21.5. The van der Waals surface area contributed by atoms with Gasteiger partial charge in [-0.2, -0.15) is 4.98 Å². The molecule has 2 aromatic heterocycles. The van der Waals surface area contributed by atoms with Crippen LogP contribution in [0.5, 0.6) is 0 Å². The first-order chi connectivity index (χ1) is 18.8. The highest BCUT2D eigenvalue weighted by atomic mass is 28.4. The molecular formula is C27H37N5O7Si. The molecular weight excluding hydrogens is 534 g/mol. The van der Waals surface area contributed by atoms with E-state index in [1.54, 1.807) is 4.57 Å². The van der Waals surface area contributed by atoms with Gasteiger partial charge in [-0.15, -0.1) is 0 Å². The summed E-state index contributed by atoms with van der Waals surface area (Å²) in [6, 6.07) is 9.60. The molecule has 216 valence electrons. The largest absolute Gasteiger partial charge is 0.467 e. The van der Waals surface area contributed by atoms with Gasteiger partial charge in [-0.1, -0.05) is 51.1 Å². The molecule has 1 aliphatic rings. The first kappa shape index (κ1) is 29.6. The van der Waals surface area contributed by atoms with Crippen molar-refractivity contribution < 1.29 is 28.2 Å². The minimum Gasteiger partial charge on any atom is -0.467 e. The highest BCUT2D eigenvalue weighted by molar-refractivity contribution is 6.74. The summed E-state index contributed by atoms with van der Waals surface area (Å²) in [4.78, 5) is 48.9. The van der Waals surface area contributed by atoms with E-state index in [-0.39, 0.29) is 41.8 Å². The Bertz CT molecular complexity index is 1430. The minimum absolute atomic E-state index is 0.0238. The smallest absolute Gasteiger partial charge is 0.343 e. The number of carbonyl (C=O) groups is 2. The summed E-state index contributed by atoms with van der Waals surface area (Å²) in [5, 5.41) is 2.34. The number of ether oxygens (including phenoxy) is 3. The Labute approximate surface area is 233 Å². The lowest BCUT2D eigenvalue weighted by Crippen LogP contribution is -2.57. The molecule has 3 atom stereocenters. The number of rotatable bonds is 9. The van der Waals surface area contributed by atoms with Crippen molar-refractivity contribution in [1.82, 2.24) is 19.5 Å². The van der Waals surface area contributed by atoms with Crippen LogP contribution in [0.25, 0.3) is 11.2 Å². The summed E-state index contributed by atoms with van der Waals surface area (Å²) >= 11 is 0. The molecule has 0 bridgehead atoms. The van der Waals surface area contributed by atoms with E-state index in [2.05, 4.69) is 54.1 Å². The standard InChI is InChI=1S/C27H37N5O7Si/c1-17(33)29-25-30-22-21(23(34)31-25)28-16-32(22)20-13-19(39-40(6,7)26(2,3)4)27(38-20,24(35)36-5)15-37-14-18-11-9-8-10-12-18/h8-12,16,19-20H,13-15H2,1-7H3,(H2,29,30,31,33,34)/t19-,20-,27+/m0/s1. The van der Waals surface area contributed by atoms with E-state index in [1.807, 2.05) is 30.3 Å². The van der Waals surface area contributed by atoms with Crippen molar-refractivity contribution in [3.8, 4) is 0 Å². The van der Waals surface area contributed by atoms with E-state index < -0.39 is 43.7 Å². The van der Waals surface area contributed by atoms with Crippen LogP contribution in [0.15, 0.2) is 41.5 Å². The van der Waals surface area contributed by atoms with E-state index in [0.29, 0.717) is 0 Å². The number of nitrogens with zero attached hydrogens (tertiary/aromatic N) is 3. The molecule has 3 aromatic rings. The number of aromatic nitrogens is 4. The molecule has 1 aromatic carbocycles. The molecule has 12 nitrogen and oxygen atoms in total. The molecule has 0 saturated carbocycles. The fourth-order valence-corrected chi connectivity index (χ4v) is 5.73. The maximum Gasteiger partial charge on any atom is 0.343 e. The lowest BCUT2D eigenvalue weighted by Gasteiger charge is -2.41. The average molecular weight is 572 g/mol. The Kier molecular flexibility index (Phi) is 8.31. The van der Waals surface area contributed by atoms with Gasteiger partial charge in [0.25, 0.3) is 5.56 Å². The molecule has 1 saturated heterocycles. The van der Waals surface area contributed by atoms with Gasteiger partial charge in [0, 0.05) is 13.3 Å². The minimum atomic E-state index is -2.41. The maximum atomic E-state index is 13.5. The highest BCUT2D eigenvalue weighted by Gasteiger charge is 2.59. The second kappa shape index (κ2) is 11.2. The van der Waals surface area contributed by atoms with Gasteiger partial charge in [-0.3, -0.25) is 24.5 Å². The second-order valence-electron chi connectivity index (χ2n) is 11.5. The Morgan fingerprint density at radius 2 is 1.95 bits per heavy atom. The number of anilines is 1. The molecule has 13 heteroatoms. The number of esters is 1. The number of carbonyl (C=O) groups excluding carboxylic acids is 2. The SMILES string of the molecule is COC(=O)[C@]1(COCc2ccccc2)O[C@H](n2cnc3c(=O)[nH]c(NC(C)=O)nc32)C[C@@H]1O[Si](C)(C)C(C)(C)C. The van der Waals surface area contributed by atoms with Gasteiger partial charge in [0.05, 0.1) is 32.8 Å². The van der Waals surface area contributed by atoms with Crippen molar-refractivity contribution in [1.29, 1.82) is 0 Å². The van der Waals surface area contributed by atoms with Crippen molar-refractivity contribution in [3.63, 3.8) is 0 Å².